The highest BCUT2D eigenvalue weighted by Gasteiger charge is 2.06. The van der Waals surface area contributed by atoms with E-state index in [0.717, 1.165) is 13.1 Å². The number of nitrogens with one attached hydrogen (secondary N) is 1. The topological polar surface area (TPSA) is 56.2 Å². The van der Waals surface area contributed by atoms with E-state index in [1.165, 1.54) is 0 Å². The van der Waals surface area contributed by atoms with E-state index in [1.54, 1.807) is 13.1 Å². The van der Waals surface area contributed by atoms with Crippen LogP contribution in [0, 0.1) is 0 Å². The molecule has 0 aliphatic carbocycles. The molecule has 0 aliphatic heterocycles. The summed E-state index contributed by atoms with van der Waals surface area (Å²) in [6, 6.07) is 1.87. The number of esters is 1. The van der Waals surface area contributed by atoms with Gasteiger partial charge in [0.2, 0.25) is 0 Å². The highest BCUT2D eigenvalue weighted by molar-refractivity contribution is 5.88. The van der Waals surface area contributed by atoms with Gasteiger partial charge in [-0.3, -0.25) is 4.68 Å². The number of carbonyl (C=O) groups is 1. The maximum Gasteiger partial charge on any atom is 0.334 e. The van der Waals surface area contributed by atoms with E-state index in [2.05, 4.69) is 17.0 Å². The maximum atomic E-state index is 11.2. The standard InChI is InChI=1S/C11H17N3O2/c1-3-16-11(15)10(2)9-12-6-8-14-7-4-5-13-14/h4-5,7,12H,2-3,6,8-9H2,1H3. The van der Waals surface area contributed by atoms with Crippen LogP contribution < -0.4 is 5.32 Å². The number of aromatic nitrogens is 2. The Kier molecular flexibility index (Phi) is 5.28. The highest BCUT2D eigenvalue weighted by atomic mass is 16.5. The zero-order valence-corrected chi connectivity index (χ0v) is 9.48. The van der Waals surface area contributed by atoms with Crippen molar-refractivity contribution >= 4 is 5.97 Å². The van der Waals surface area contributed by atoms with Crippen LogP contribution in [0.4, 0.5) is 0 Å². The van der Waals surface area contributed by atoms with Crippen molar-refractivity contribution in [2.75, 3.05) is 19.7 Å². The second-order valence-corrected chi connectivity index (χ2v) is 3.27. The largest absolute Gasteiger partial charge is 0.463 e. The molecule has 0 unspecified atom stereocenters. The Morgan fingerprint density at radius 2 is 2.44 bits per heavy atom. The van der Waals surface area contributed by atoms with E-state index >= 15 is 0 Å². The number of rotatable bonds is 7. The zero-order chi connectivity index (χ0) is 11.8. The molecule has 0 saturated carbocycles. The zero-order valence-electron chi connectivity index (χ0n) is 9.48. The van der Waals surface area contributed by atoms with Gasteiger partial charge in [0.25, 0.3) is 0 Å². The molecule has 0 radical (unpaired) electrons. The molecule has 1 rings (SSSR count). The van der Waals surface area contributed by atoms with Crippen LogP contribution in [0.3, 0.4) is 0 Å². The van der Waals surface area contributed by atoms with Crippen LogP contribution in [0.2, 0.25) is 0 Å². The minimum absolute atomic E-state index is 0.339. The molecule has 1 aromatic heterocycles. The summed E-state index contributed by atoms with van der Waals surface area (Å²) in [6.07, 6.45) is 3.62. The fraction of sp³-hybridized carbons (Fsp3) is 0.455. The molecule has 0 spiro atoms. The number of carbonyl (C=O) groups excluding carboxylic acids is 1. The molecule has 0 amide bonds. The van der Waals surface area contributed by atoms with E-state index in [-0.39, 0.29) is 5.97 Å². The van der Waals surface area contributed by atoms with Gasteiger partial charge in [-0.1, -0.05) is 6.58 Å². The molecule has 16 heavy (non-hydrogen) atoms. The molecule has 0 aromatic carbocycles. The van der Waals surface area contributed by atoms with Crippen LogP contribution in [-0.2, 0) is 16.1 Å². The second-order valence-electron chi connectivity index (χ2n) is 3.27. The first-order valence-corrected chi connectivity index (χ1v) is 5.27. The molecular weight excluding hydrogens is 206 g/mol. The summed E-state index contributed by atoms with van der Waals surface area (Å²) in [7, 11) is 0. The monoisotopic (exact) mass is 223 g/mol. The number of nitrogens with zero attached hydrogens (tertiary/aromatic N) is 2. The van der Waals surface area contributed by atoms with Crippen molar-refractivity contribution in [2.45, 2.75) is 13.5 Å². The van der Waals surface area contributed by atoms with Crippen LogP contribution in [0.1, 0.15) is 6.92 Å². The third-order valence-corrected chi connectivity index (χ3v) is 1.98. The number of ether oxygens (including phenoxy) is 1. The quantitative estimate of drug-likeness (QED) is 0.417. The Morgan fingerprint density at radius 1 is 1.62 bits per heavy atom. The van der Waals surface area contributed by atoms with Crippen LogP contribution in [0.5, 0.6) is 0 Å². The third kappa shape index (κ3) is 4.27. The Hall–Kier alpha value is -1.62. The predicted molar refractivity (Wildman–Crippen MR) is 60.9 cm³/mol. The predicted octanol–water partition coefficient (Wildman–Crippen LogP) is 0.592. The number of hydrogen-bond acceptors (Lipinski definition) is 4. The van der Waals surface area contributed by atoms with Gasteiger partial charge in [0.15, 0.2) is 0 Å². The van der Waals surface area contributed by atoms with Crippen molar-refractivity contribution in [2.24, 2.45) is 0 Å². The van der Waals surface area contributed by atoms with Gasteiger partial charge in [-0.2, -0.15) is 5.10 Å². The van der Waals surface area contributed by atoms with E-state index in [0.29, 0.717) is 18.7 Å². The van der Waals surface area contributed by atoms with Gasteiger partial charge in [0, 0.05) is 31.1 Å². The maximum absolute atomic E-state index is 11.2. The molecule has 1 heterocycles. The molecule has 0 fully saturated rings. The Labute approximate surface area is 95.1 Å². The Balaban J connectivity index is 2.11. The van der Waals surface area contributed by atoms with Gasteiger partial charge in [-0.25, -0.2) is 4.79 Å². The van der Waals surface area contributed by atoms with Crippen LogP contribution >= 0.6 is 0 Å². The van der Waals surface area contributed by atoms with Crippen molar-refractivity contribution in [3.05, 3.63) is 30.6 Å². The lowest BCUT2D eigenvalue weighted by atomic mass is 10.3. The summed E-state index contributed by atoms with van der Waals surface area (Å²) in [5.74, 6) is -0.339. The van der Waals surface area contributed by atoms with Crippen LogP contribution in [0.25, 0.3) is 0 Å². The summed E-state index contributed by atoms with van der Waals surface area (Å²) >= 11 is 0. The Bertz CT molecular complexity index is 333. The first kappa shape index (κ1) is 12.4. The van der Waals surface area contributed by atoms with Crippen molar-refractivity contribution in [3.8, 4) is 0 Å². The Morgan fingerprint density at radius 3 is 3.06 bits per heavy atom. The smallest absolute Gasteiger partial charge is 0.334 e. The van der Waals surface area contributed by atoms with Crippen molar-refractivity contribution in [3.63, 3.8) is 0 Å². The van der Waals surface area contributed by atoms with Gasteiger partial charge in [-0.15, -0.1) is 0 Å². The molecular formula is C11H17N3O2. The average molecular weight is 223 g/mol. The molecule has 1 aromatic rings. The SMILES string of the molecule is C=C(CNCCn1cccn1)C(=O)OCC. The van der Waals surface area contributed by atoms with Crippen molar-refractivity contribution < 1.29 is 9.53 Å². The average Bonchev–Trinajstić information content (AvgIpc) is 2.77. The molecule has 0 atom stereocenters. The van der Waals surface area contributed by atoms with Gasteiger partial charge in [0.05, 0.1) is 13.2 Å². The van der Waals surface area contributed by atoms with Crippen molar-refractivity contribution in [1.29, 1.82) is 0 Å². The minimum atomic E-state index is -0.339. The third-order valence-electron chi connectivity index (χ3n) is 1.98. The van der Waals surface area contributed by atoms with E-state index < -0.39 is 0 Å². The lowest BCUT2D eigenvalue weighted by Crippen LogP contribution is -2.25. The summed E-state index contributed by atoms with van der Waals surface area (Å²) < 4.78 is 6.63. The molecule has 1 N–H and O–H groups in total. The second kappa shape index (κ2) is 6.79. The van der Waals surface area contributed by atoms with Crippen LogP contribution in [0.15, 0.2) is 30.6 Å². The fourth-order valence-corrected chi connectivity index (χ4v) is 1.17. The molecule has 0 saturated heterocycles. The summed E-state index contributed by atoms with van der Waals surface area (Å²) in [6.45, 7) is 7.75. The van der Waals surface area contributed by atoms with E-state index in [4.69, 9.17) is 4.74 Å². The van der Waals surface area contributed by atoms with Gasteiger partial charge >= 0.3 is 5.97 Å². The first-order chi connectivity index (χ1) is 7.74. The van der Waals surface area contributed by atoms with Gasteiger partial charge in [-0.05, 0) is 13.0 Å². The summed E-state index contributed by atoms with van der Waals surface area (Å²) in [5, 5.41) is 7.16. The molecule has 5 nitrogen and oxygen atoms in total. The fourth-order valence-electron chi connectivity index (χ4n) is 1.17. The molecule has 5 heteroatoms. The normalized spacial score (nSPS) is 10.1. The van der Waals surface area contributed by atoms with Gasteiger partial charge in [0.1, 0.15) is 0 Å². The van der Waals surface area contributed by atoms with Crippen molar-refractivity contribution in [1.82, 2.24) is 15.1 Å². The van der Waals surface area contributed by atoms with E-state index in [9.17, 15) is 4.79 Å². The molecule has 0 aliphatic rings. The first-order valence-electron chi connectivity index (χ1n) is 5.27. The summed E-state index contributed by atoms with van der Waals surface area (Å²) in [4.78, 5) is 11.2. The lowest BCUT2D eigenvalue weighted by molar-refractivity contribution is -0.138. The van der Waals surface area contributed by atoms with E-state index in [1.807, 2.05) is 16.9 Å². The van der Waals surface area contributed by atoms with Gasteiger partial charge < -0.3 is 10.1 Å². The molecule has 0 bridgehead atoms. The minimum Gasteiger partial charge on any atom is -0.463 e. The highest BCUT2D eigenvalue weighted by Crippen LogP contribution is 1.92. The summed E-state index contributed by atoms with van der Waals surface area (Å²) in [5.41, 5.74) is 0.447. The molecule has 88 valence electrons. The number of hydrogen-bond donors (Lipinski definition) is 1. The lowest BCUT2D eigenvalue weighted by Gasteiger charge is -2.07. The van der Waals surface area contributed by atoms with Crippen LogP contribution in [-0.4, -0.2) is 35.4 Å².